The topological polar surface area (TPSA) is 192 Å². The molecule has 6 heterocycles. The Balaban J connectivity index is 0.772. The van der Waals surface area contributed by atoms with Crippen molar-refractivity contribution in [1.82, 2.24) is 20.3 Å². The first-order valence-electron chi connectivity index (χ1n) is 19.9. The summed E-state index contributed by atoms with van der Waals surface area (Å²) in [4.78, 5) is 8.38. The molecule has 0 saturated carbocycles. The smallest absolute Gasteiger partial charge is 0.473 e. The summed E-state index contributed by atoms with van der Waals surface area (Å²) in [5, 5.41) is 8.54. The average molecular weight is 852 g/mol. The molecule has 6 aromatic heterocycles. The number of nitrogens with two attached hydrogens (primary N) is 2. The second-order valence-corrected chi connectivity index (χ2v) is 15.1. The van der Waals surface area contributed by atoms with Crippen molar-refractivity contribution >= 4 is 19.9 Å². The fourth-order valence-corrected chi connectivity index (χ4v) is 7.08. The Bertz CT molecular complexity index is 2510. The summed E-state index contributed by atoms with van der Waals surface area (Å²) >= 11 is 0. The lowest BCUT2D eigenvalue weighted by molar-refractivity contribution is -0.683. The maximum Gasteiger partial charge on any atom is 0.697 e. The zero-order valence-electron chi connectivity index (χ0n) is 33.7. The first-order chi connectivity index (χ1) is 30.4. The van der Waals surface area contributed by atoms with E-state index in [1.165, 1.54) is 0 Å². The van der Waals surface area contributed by atoms with Gasteiger partial charge in [-0.15, -0.1) is 9.05 Å². The Labute approximate surface area is 358 Å². The molecule has 4 N–H and O–H groups in total. The minimum Gasteiger partial charge on any atom is -0.473 e. The fourth-order valence-electron chi connectivity index (χ4n) is 6.55. The molecule has 0 atom stereocenters. The fraction of sp³-hybridized carbons (Fsp3) is 0.174. The van der Waals surface area contributed by atoms with Crippen LogP contribution in [0.1, 0.15) is 33.6 Å². The van der Waals surface area contributed by atoms with E-state index >= 15 is 0 Å². The number of ether oxygens (including phenoxy) is 2. The SMILES string of the molecule is Nc1c(-c2cc(Cc3ccc(COc4ccccn4)cc3)no2)ccc[n+]1CCO[P+](=O)OCC[n+]1cccc(-c2cc(Cc3ccc(COc4ccccn4)cc3)no2)c1N. The van der Waals surface area contributed by atoms with E-state index < -0.39 is 8.25 Å². The van der Waals surface area contributed by atoms with Crippen molar-refractivity contribution in [2.24, 2.45) is 0 Å². The zero-order chi connectivity index (χ0) is 42.5. The maximum absolute atomic E-state index is 12.7. The minimum atomic E-state index is -2.40. The van der Waals surface area contributed by atoms with Gasteiger partial charge >= 0.3 is 8.25 Å². The lowest BCUT2D eigenvalue weighted by Gasteiger charge is -2.05. The Morgan fingerprint density at radius 1 is 0.548 bits per heavy atom. The van der Waals surface area contributed by atoms with Crippen LogP contribution in [-0.4, -0.2) is 33.5 Å². The van der Waals surface area contributed by atoms with E-state index in [4.69, 9.17) is 39.0 Å². The molecule has 0 aliphatic rings. The van der Waals surface area contributed by atoms with E-state index in [0.717, 1.165) is 33.6 Å². The van der Waals surface area contributed by atoms with Crippen LogP contribution >= 0.6 is 8.25 Å². The summed E-state index contributed by atoms with van der Waals surface area (Å²) in [6.07, 6.45) is 8.20. The Kier molecular flexibility index (Phi) is 13.6. The third-order valence-corrected chi connectivity index (χ3v) is 10.6. The predicted octanol–water partition coefficient (Wildman–Crippen LogP) is 7.26. The lowest BCUT2D eigenvalue weighted by Crippen LogP contribution is -2.39. The van der Waals surface area contributed by atoms with Crippen LogP contribution in [0.3, 0.4) is 0 Å². The van der Waals surface area contributed by atoms with Gasteiger partial charge in [-0.1, -0.05) is 71.0 Å². The molecule has 0 bridgehead atoms. The van der Waals surface area contributed by atoms with E-state index in [-0.39, 0.29) is 13.2 Å². The highest BCUT2D eigenvalue weighted by Gasteiger charge is 2.24. The summed E-state index contributed by atoms with van der Waals surface area (Å²) in [5.74, 6) is 3.15. The zero-order valence-corrected chi connectivity index (χ0v) is 34.6. The van der Waals surface area contributed by atoms with Crippen LogP contribution in [0.2, 0.25) is 0 Å². The number of hydrogen-bond donors (Lipinski definition) is 2. The lowest BCUT2D eigenvalue weighted by atomic mass is 10.1. The van der Waals surface area contributed by atoms with E-state index in [1.54, 1.807) is 21.5 Å². The molecule has 0 aliphatic heterocycles. The number of benzene rings is 2. The number of anilines is 2. The third-order valence-electron chi connectivity index (χ3n) is 9.80. The molecular formula is C46H44N8O7P+3. The van der Waals surface area contributed by atoms with Gasteiger partial charge in [-0.25, -0.2) is 19.1 Å². The van der Waals surface area contributed by atoms with Gasteiger partial charge in [0.2, 0.25) is 11.8 Å². The van der Waals surface area contributed by atoms with Gasteiger partial charge in [0.15, 0.2) is 11.5 Å². The molecule has 0 unspecified atom stereocenters. The number of rotatable bonds is 20. The highest BCUT2D eigenvalue weighted by Crippen LogP contribution is 2.28. The van der Waals surface area contributed by atoms with Crippen molar-refractivity contribution in [1.29, 1.82) is 0 Å². The number of hydrogen-bond acceptors (Lipinski definition) is 13. The molecular weight excluding hydrogens is 808 g/mol. The maximum atomic E-state index is 12.7. The first-order valence-corrected chi connectivity index (χ1v) is 21.0. The highest BCUT2D eigenvalue weighted by molar-refractivity contribution is 7.33. The molecule has 0 radical (unpaired) electrons. The first kappa shape index (κ1) is 41.4. The average Bonchev–Trinajstić information content (AvgIpc) is 3.97. The Morgan fingerprint density at radius 2 is 0.984 bits per heavy atom. The number of nitrogens with zero attached hydrogens (tertiary/aromatic N) is 6. The standard InChI is InChI=1S/C46H42N8O7P/c47-45-39(41-29-37(51-60-41)27-33-11-15-35(16-12-33)31-56-43-9-1-3-19-49-43)7-5-21-53(45)23-25-58-62(55)59-26-24-54-22-6-8-40(46(54)48)42-30-38(52-61-42)28-34-13-17-36(18-14-34)32-57-44-10-2-4-20-50-44/h1-22,29-30,47-48H,23-28,31-32H2/q+1/p+2. The van der Waals surface area contributed by atoms with Gasteiger partial charge in [0, 0.05) is 54.1 Å². The van der Waals surface area contributed by atoms with E-state index in [1.807, 2.05) is 134 Å². The second kappa shape index (κ2) is 20.3. The molecule has 0 amide bonds. The normalized spacial score (nSPS) is 11.1. The molecule has 8 aromatic rings. The largest absolute Gasteiger partial charge is 0.697 e. The van der Waals surface area contributed by atoms with Crippen LogP contribution < -0.4 is 30.1 Å². The van der Waals surface area contributed by atoms with Gasteiger partial charge in [0.1, 0.15) is 50.6 Å². The van der Waals surface area contributed by atoms with E-state index in [9.17, 15) is 4.57 Å². The number of pyridine rings is 4. The minimum absolute atomic E-state index is 0.0984. The van der Waals surface area contributed by atoms with Crippen molar-refractivity contribution < 1.29 is 41.3 Å². The molecule has 0 saturated heterocycles. The molecule has 2 aromatic carbocycles. The third kappa shape index (κ3) is 11.1. The highest BCUT2D eigenvalue weighted by atomic mass is 31.1. The summed E-state index contributed by atoms with van der Waals surface area (Å²) in [6, 6.07) is 38.6. The van der Waals surface area contributed by atoms with E-state index in [0.29, 0.717) is 85.2 Å². The van der Waals surface area contributed by atoms with Crippen molar-refractivity contribution in [3.63, 3.8) is 0 Å². The Morgan fingerprint density at radius 3 is 1.40 bits per heavy atom. The van der Waals surface area contributed by atoms with Crippen molar-refractivity contribution in [2.75, 3.05) is 24.7 Å². The van der Waals surface area contributed by atoms with Gasteiger partial charge in [-0.2, -0.15) is 0 Å². The number of aromatic nitrogens is 6. The molecule has 0 fully saturated rings. The van der Waals surface area contributed by atoms with Gasteiger partial charge in [0.25, 0.3) is 11.6 Å². The molecule has 312 valence electrons. The van der Waals surface area contributed by atoms with Crippen molar-refractivity contribution in [3.05, 3.63) is 180 Å². The van der Waals surface area contributed by atoms with Gasteiger partial charge in [-0.05, 0) is 58.7 Å². The molecule has 62 heavy (non-hydrogen) atoms. The van der Waals surface area contributed by atoms with Crippen molar-refractivity contribution in [3.8, 4) is 34.4 Å². The number of nitrogen functional groups attached to an aromatic ring is 2. The van der Waals surface area contributed by atoms with Crippen LogP contribution in [0.5, 0.6) is 11.8 Å². The van der Waals surface area contributed by atoms with Crippen LogP contribution in [0.25, 0.3) is 22.6 Å². The summed E-state index contributed by atoms with van der Waals surface area (Å²) in [7, 11) is -2.40. The van der Waals surface area contributed by atoms with Crippen LogP contribution in [0.4, 0.5) is 11.6 Å². The van der Waals surface area contributed by atoms with Crippen LogP contribution in [0, 0.1) is 0 Å². The van der Waals surface area contributed by atoms with Crippen LogP contribution in [-0.2, 0) is 52.8 Å². The van der Waals surface area contributed by atoms with Gasteiger partial charge in [-0.3, -0.25) is 11.5 Å². The monoisotopic (exact) mass is 851 g/mol. The predicted molar refractivity (Wildman–Crippen MR) is 228 cm³/mol. The van der Waals surface area contributed by atoms with Gasteiger partial charge in [0.05, 0.1) is 23.8 Å². The van der Waals surface area contributed by atoms with Crippen molar-refractivity contribution in [2.45, 2.75) is 39.1 Å². The molecule has 16 heteroatoms. The summed E-state index contributed by atoms with van der Waals surface area (Å²) in [6.45, 7) is 1.71. The molecule has 0 spiro atoms. The summed E-state index contributed by atoms with van der Waals surface area (Å²) in [5.41, 5.74) is 20.2. The Hall–Kier alpha value is -7.32. The summed E-state index contributed by atoms with van der Waals surface area (Å²) < 4.78 is 50.1. The molecule has 0 aliphatic carbocycles. The van der Waals surface area contributed by atoms with Crippen LogP contribution in [0.15, 0.2) is 155 Å². The molecule has 15 nitrogen and oxygen atoms in total. The van der Waals surface area contributed by atoms with Gasteiger partial charge < -0.3 is 18.5 Å². The molecule has 8 rings (SSSR count). The second-order valence-electron chi connectivity index (χ2n) is 14.2. The quantitative estimate of drug-likeness (QED) is 0.0576. The van der Waals surface area contributed by atoms with E-state index in [2.05, 4.69) is 20.3 Å².